The molecule has 10 heteroatoms. The first-order valence-corrected chi connectivity index (χ1v) is 15.7. The molecule has 0 spiro atoms. The van der Waals surface area contributed by atoms with Gasteiger partial charge in [0.15, 0.2) is 0 Å². The second kappa shape index (κ2) is 11.2. The Morgan fingerprint density at radius 2 is 2.07 bits per heavy atom. The molecule has 226 valence electrons. The molecule has 0 saturated carbocycles. The minimum absolute atomic E-state index is 0.0362. The van der Waals surface area contributed by atoms with Crippen LogP contribution in [0.25, 0.3) is 10.8 Å². The van der Waals surface area contributed by atoms with Gasteiger partial charge < -0.3 is 19.4 Å². The van der Waals surface area contributed by atoms with Gasteiger partial charge in [-0.25, -0.2) is 4.39 Å². The van der Waals surface area contributed by atoms with Gasteiger partial charge in [-0.15, -0.1) is 0 Å². The zero-order chi connectivity index (χ0) is 29.7. The fraction of sp³-hybridized carbons (Fsp3) is 0.485. The number of alkyl halides is 1. The molecule has 1 amide bonds. The van der Waals surface area contributed by atoms with E-state index < -0.39 is 6.17 Å². The second-order valence-corrected chi connectivity index (χ2v) is 12.9. The molecule has 7 rings (SSSR count). The molecule has 4 aliphatic rings. The Morgan fingerprint density at radius 1 is 1.23 bits per heavy atom. The Hall–Kier alpha value is -3.43. The van der Waals surface area contributed by atoms with Gasteiger partial charge >= 0.3 is 6.01 Å². The summed E-state index contributed by atoms with van der Waals surface area (Å²) in [5.74, 6) is 0.801. The Balaban J connectivity index is 1.20. The van der Waals surface area contributed by atoms with Crippen LogP contribution >= 0.6 is 11.6 Å². The third-order valence-electron chi connectivity index (χ3n) is 9.87. The number of halogens is 2. The number of hydrogen-bond donors (Lipinski definition) is 0. The molecule has 0 N–H and O–H groups in total. The summed E-state index contributed by atoms with van der Waals surface area (Å²) in [6.07, 6.45) is 4.75. The second-order valence-electron chi connectivity index (χ2n) is 12.5. The average Bonchev–Trinajstić information content (AvgIpc) is 3.52. The van der Waals surface area contributed by atoms with Crippen molar-refractivity contribution in [2.24, 2.45) is 0 Å². The van der Waals surface area contributed by atoms with E-state index in [2.05, 4.69) is 45.5 Å². The van der Waals surface area contributed by atoms with Crippen molar-refractivity contribution in [2.75, 3.05) is 56.2 Å². The number of amides is 1. The van der Waals surface area contributed by atoms with Gasteiger partial charge in [0.25, 0.3) is 0 Å². The predicted octanol–water partition coefficient (Wildman–Crippen LogP) is 5.02. The average molecular weight is 605 g/mol. The number of carbonyl (C=O) groups is 1. The highest BCUT2D eigenvalue weighted by molar-refractivity contribution is 6.36. The summed E-state index contributed by atoms with van der Waals surface area (Å²) in [4.78, 5) is 30.8. The Kier molecular flexibility index (Phi) is 7.42. The highest BCUT2D eigenvalue weighted by atomic mass is 35.5. The van der Waals surface area contributed by atoms with Crippen LogP contribution in [0.3, 0.4) is 0 Å². The number of rotatable bonds is 8. The van der Waals surface area contributed by atoms with Crippen LogP contribution in [0, 0.1) is 0 Å². The number of nitrogens with zero attached hydrogens (tertiary/aromatic N) is 6. The van der Waals surface area contributed by atoms with Gasteiger partial charge in [-0.3, -0.25) is 9.69 Å². The number of benzene rings is 2. The van der Waals surface area contributed by atoms with Crippen molar-refractivity contribution in [3.63, 3.8) is 0 Å². The van der Waals surface area contributed by atoms with E-state index in [4.69, 9.17) is 26.3 Å². The lowest BCUT2D eigenvalue weighted by Crippen LogP contribution is -2.55. The van der Waals surface area contributed by atoms with E-state index in [0.717, 1.165) is 83.9 Å². The first kappa shape index (κ1) is 28.3. The standard InChI is InChI=1S/C33H38ClFN6O2/c1-3-29(42)41-16-11-24(41)19-38(2)31-25-12-15-39(28-10-5-8-22-7-4-9-26(34)30(22)28)20-27(25)36-32(37-31)43-21-33-13-6-14-40(33)18-23(35)17-33/h3-5,7-10,23-24H,1,6,11-21H2,2H3/t23-,24-,33+/m1/s1. The van der Waals surface area contributed by atoms with Gasteiger partial charge in [0, 0.05) is 56.3 Å². The van der Waals surface area contributed by atoms with Crippen molar-refractivity contribution in [2.45, 2.75) is 56.4 Å². The quantitative estimate of drug-likeness (QED) is 0.335. The van der Waals surface area contributed by atoms with Crippen molar-refractivity contribution in [3.05, 3.63) is 65.3 Å². The number of likely N-dealkylation sites (tertiary alicyclic amines) is 1. The number of aromatic nitrogens is 2. The van der Waals surface area contributed by atoms with Crippen LogP contribution < -0.4 is 14.5 Å². The monoisotopic (exact) mass is 604 g/mol. The maximum absolute atomic E-state index is 14.4. The highest BCUT2D eigenvalue weighted by Crippen LogP contribution is 2.41. The minimum atomic E-state index is -0.820. The first-order chi connectivity index (χ1) is 20.8. The lowest BCUT2D eigenvalue weighted by molar-refractivity contribution is -0.132. The smallest absolute Gasteiger partial charge is 0.318 e. The van der Waals surface area contributed by atoms with E-state index >= 15 is 0 Å². The van der Waals surface area contributed by atoms with Gasteiger partial charge in [-0.05, 0) is 55.8 Å². The van der Waals surface area contributed by atoms with E-state index in [-0.39, 0.29) is 17.5 Å². The number of fused-ring (bicyclic) bond motifs is 3. The molecule has 3 aromatic rings. The molecule has 3 atom stereocenters. The van der Waals surface area contributed by atoms with Crippen molar-refractivity contribution in [1.29, 1.82) is 0 Å². The van der Waals surface area contributed by atoms with Gasteiger partial charge in [-0.2, -0.15) is 9.97 Å². The highest BCUT2D eigenvalue weighted by Gasteiger charge is 2.49. The van der Waals surface area contributed by atoms with Gasteiger partial charge in [0.2, 0.25) is 5.91 Å². The summed E-state index contributed by atoms with van der Waals surface area (Å²) >= 11 is 6.70. The molecule has 5 heterocycles. The van der Waals surface area contributed by atoms with Crippen LogP contribution in [0.5, 0.6) is 6.01 Å². The lowest BCUT2D eigenvalue weighted by atomic mass is 9.95. The molecule has 0 unspecified atom stereocenters. The predicted molar refractivity (Wildman–Crippen MR) is 168 cm³/mol. The molecular weight excluding hydrogens is 567 g/mol. The molecule has 0 aliphatic carbocycles. The van der Waals surface area contributed by atoms with Crippen LogP contribution in [-0.2, 0) is 17.8 Å². The van der Waals surface area contributed by atoms with E-state index in [9.17, 15) is 9.18 Å². The zero-order valence-corrected chi connectivity index (χ0v) is 25.4. The van der Waals surface area contributed by atoms with Crippen LogP contribution in [0.2, 0.25) is 5.02 Å². The molecule has 0 radical (unpaired) electrons. The van der Waals surface area contributed by atoms with Crippen LogP contribution in [0.15, 0.2) is 49.1 Å². The Bertz CT molecular complexity index is 1560. The van der Waals surface area contributed by atoms with Gasteiger partial charge in [-0.1, -0.05) is 42.4 Å². The molecule has 2 aromatic carbocycles. The Labute approximate surface area is 257 Å². The van der Waals surface area contributed by atoms with Crippen molar-refractivity contribution in [3.8, 4) is 6.01 Å². The third kappa shape index (κ3) is 5.10. The van der Waals surface area contributed by atoms with Crippen LogP contribution in [-0.4, -0.2) is 89.8 Å². The summed E-state index contributed by atoms with van der Waals surface area (Å²) in [6, 6.07) is 12.7. The van der Waals surface area contributed by atoms with Crippen molar-refractivity contribution >= 4 is 39.8 Å². The van der Waals surface area contributed by atoms with Crippen molar-refractivity contribution < 1.29 is 13.9 Å². The molecule has 3 saturated heterocycles. The van der Waals surface area contributed by atoms with E-state index in [1.54, 1.807) is 0 Å². The number of ether oxygens (including phenoxy) is 1. The number of likely N-dealkylation sites (N-methyl/N-ethyl adjacent to an activating group) is 1. The molecule has 1 aromatic heterocycles. The summed E-state index contributed by atoms with van der Waals surface area (Å²) in [6.45, 7) is 8.21. The summed E-state index contributed by atoms with van der Waals surface area (Å²) < 4.78 is 20.8. The van der Waals surface area contributed by atoms with Crippen LogP contribution in [0.1, 0.15) is 36.9 Å². The van der Waals surface area contributed by atoms with E-state index in [0.29, 0.717) is 38.7 Å². The molecule has 3 fully saturated rings. The van der Waals surface area contributed by atoms with Crippen LogP contribution in [0.4, 0.5) is 15.9 Å². The maximum atomic E-state index is 14.4. The first-order valence-electron chi connectivity index (χ1n) is 15.3. The molecule has 43 heavy (non-hydrogen) atoms. The fourth-order valence-corrected chi connectivity index (χ4v) is 7.88. The number of anilines is 2. The van der Waals surface area contributed by atoms with Gasteiger partial charge in [0.1, 0.15) is 18.6 Å². The lowest BCUT2D eigenvalue weighted by Gasteiger charge is -2.43. The largest absolute Gasteiger partial charge is 0.461 e. The zero-order valence-electron chi connectivity index (χ0n) is 24.6. The SMILES string of the molecule is C=CC(=O)N1CC[C@@H]1CN(C)c1nc(OC[C@@]23CCCN2C[C@H](F)C3)nc2c1CCN(c1cccc3cccc(Cl)c13)C2. The Morgan fingerprint density at radius 3 is 2.86 bits per heavy atom. The van der Waals surface area contributed by atoms with Crippen molar-refractivity contribution in [1.82, 2.24) is 19.8 Å². The fourth-order valence-electron chi connectivity index (χ4n) is 7.60. The molecule has 4 aliphatic heterocycles. The van der Waals surface area contributed by atoms with E-state index in [1.807, 2.05) is 24.1 Å². The number of carbonyl (C=O) groups excluding carboxylic acids is 1. The maximum Gasteiger partial charge on any atom is 0.318 e. The molecule has 0 bridgehead atoms. The third-order valence-corrected chi connectivity index (χ3v) is 10.2. The molecular formula is C33H38ClFN6O2. The summed E-state index contributed by atoms with van der Waals surface area (Å²) in [5.41, 5.74) is 2.82. The van der Waals surface area contributed by atoms with Gasteiger partial charge in [0.05, 0.1) is 28.8 Å². The van der Waals surface area contributed by atoms with E-state index in [1.165, 1.54) is 6.08 Å². The summed E-state index contributed by atoms with van der Waals surface area (Å²) in [7, 11) is 2.03. The number of hydrogen-bond acceptors (Lipinski definition) is 7. The summed E-state index contributed by atoms with van der Waals surface area (Å²) in [5, 5.41) is 2.87. The topological polar surface area (TPSA) is 65.0 Å². The minimum Gasteiger partial charge on any atom is -0.461 e. The molecule has 8 nitrogen and oxygen atoms in total. The normalized spacial score (nSPS) is 24.9.